The second kappa shape index (κ2) is 19.9. The topological polar surface area (TPSA) is 141 Å². The van der Waals surface area contributed by atoms with Crippen LogP contribution in [0.2, 0.25) is 0 Å². The molecule has 0 aliphatic carbocycles. The number of hydrogen-bond acceptors (Lipinski definition) is 10. The zero-order chi connectivity index (χ0) is 30.1. The average molecular weight is 562 g/mol. The Morgan fingerprint density at radius 3 is 2.08 bits per heavy atom. The lowest BCUT2D eigenvalue weighted by Gasteiger charge is -2.34. The molecule has 0 aliphatic heterocycles. The van der Waals surface area contributed by atoms with Crippen LogP contribution in [0.1, 0.15) is 53.9 Å². The van der Waals surface area contributed by atoms with Crippen molar-refractivity contribution in [3.8, 4) is 0 Å². The fraction of sp³-hybridized carbons (Fsp3) is 0.821. The molecular weight excluding hydrogens is 510 g/mol. The predicted molar refractivity (Wildman–Crippen MR) is 145 cm³/mol. The van der Waals surface area contributed by atoms with Gasteiger partial charge < -0.3 is 38.8 Å². The third-order valence-corrected chi connectivity index (χ3v) is 7.11. The highest BCUT2D eigenvalue weighted by Gasteiger charge is 2.36. The molecule has 0 aromatic heterocycles. The Labute approximate surface area is 233 Å². The summed E-state index contributed by atoms with van der Waals surface area (Å²) < 4.78 is 27.6. The summed E-state index contributed by atoms with van der Waals surface area (Å²) in [5, 5.41) is 19.8. The minimum absolute atomic E-state index is 0.0179. The molecule has 0 unspecified atom stereocenters. The first-order chi connectivity index (χ1) is 18.4. The van der Waals surface area contributed by atoms with Gasteiger partial charge in [0.25, 0.3) is 0 Å². The van der Waals surface area contributed by atoms with Crippen LogP contribution in [0.3, 0.4) is 0 Å². The van der Waals surface area contributed by atoms with Crippen LogP contribution in [-0.4, -0.2) is 106 Å². The third kappa shape index (κ3) is 13.7. The molecule has 9 atom stereocenters. The number of amides is 1. The Balaban J connectivity index is 5.96. The summed E-state index contributed by atoms with van der Waals surface area (Å²) in [6.07, 6.45) is 2.11. The molecule has 0 aliphatic rings. The molecule has 0 saturated carbocycles. The summed E-state index contributed by atoms with van der Waals surface area (Å²) in [5.74, 6) is -2.10. The Morgan fingerprint density at radius 1 is 0.949 bits per heavy atom. The van der Waals surface area contributed by atoms with Crippen molar-refractivity contribution in [1.82, 2.24) is 4.90 Å². The van der Waals surface area contributed by atoms with Crippen molar-refractivity contribution >= 4 is 18.3 Å². The fourth-order valence-electron chi connectivity index (χ4n) is 4.32. The van der Waals surface area contributed by atoms with Crippen LogP contribution in [0.15, 0.2) is 12.3 Å². The molecule has 39 heavy (non-hydrogen) atoms. The standard InChI is InChI=1S/C28H51NO10/c1-18(25(36-8)14-23(33)20(3)15-30)10-11-24(39-28(34)26(37-9)16-35-7)21(4)27(38-22(5)32)19(2)12-13-29(6)17-31/h12-13,17-21,23-27,30,33H,10-11,14-16H2,1-9H3/b13-12+/t18-,19+,20+,21+,23-,24+,25-,26+,27+/m0/s1. The van der Waals surface area contributed by atoms with Crippen LogP contribution in [0.5, 0.6) is 0 Å². The van der Waals surface area contributed by atoms with Gasteiger partial charge in [-0.1, -0.05) is 33.8 Å². The molecule has 11 nitrogen and oxygen atoms in total. The molecule has 0 fully saturated rings. The van der Waals surface area contributed by atoms with Crippen molar-refractivity contribution in [3.05, 3.63) is 12.3 Å². The summed E-state index contributed by atoms with van der Waals surface area (Å²) in [6.45, 7) is 8.67. The van der Waals surface area contributed by atoms with Gasteiger partial charge in [-0.2, -0.15) is 0 Å². The summed E-state index contributed by atoms with van der Waals surface area (Å²) in [5.41, 5.74) is 0. The molecule has 1 amide bonds. The van der Waals surface area contributed by atoms with Crippen molar-refractivity contribution in [2.75, 3.05) is 41.6 Å². The molecule has 0 rings (SSSR count). The summed E-state index contributed by atoms with van der Waals surface area (Å²) >= 11 is 0. The van der Waals surface area contributed by atoms with Crippen molar-refractivity contribution in [2.45, 2.75) is 84.4 Å². The van der Waals surface area contributed by atoms with Gasteiger partial charge >= 0.3 is 11.9 Å². The molecule has 0 saturated heterocycles. The van der Waals surface area contributed by atoms with Crippen LogP contribution in [0, 0.1) is 23.7 Å². The minimum Gasteiger partial charge on any atom is -0.462 e. The van der Waals surface area contributed by atoms with Crippen molar-refractivity contribution in [1.29, 1.82) is 0 Å². The number of methoxy groups -OCH3 is 3. The number of aliphatic hydroxyl groups is 2. The number of rotatable bonds is 21. The number of carbonyl (C=O) groups excluding carboxylic acids is 3. The van der Waals surface area contributed by atoms with E-state index in [0.717, 1.165) is 0 Å². The molecule has 0 spiro atoms. The quantitative estimate of drug-likeness (QED) is 0.158. The molecule has 2 N–H and O–H groups in total. The smallest absolute Gasteiger partial charge is 0.337 e. The predicted octanol–water partition coefficient (Wildman–Crippen LogP) is 2.18. The van der Waals surface area contributed by atoms with E-state index in [1.807, 2.05) is 20.8 Å². The number of aliphatic hydroxyl groups excluding tert-OH is 2. The molecular formula is C28H51NO10. The fourth-order valence-corrected chi connectivity index (χ4v) is 4.32. The summed E-state index contributed by atoms with van der Waals surface area (Å²) in [4.78, 5) is 37.3. The summed E-state index contributed by atoms with van der Waals surface area (Å²) in [6, 6.07) is 0. The first-order valence-corrected chi connectivity index (χ1v) is 13.4. The lowest BCUT2D eigenvalue weighted by atomic mass is 9.84. The van der Waals surface area contributed by atoms with Crippen molar-refractivity contribution in [2.24, 2.45) is 23.7 Å². The maximum absolute atomic E-state index is 13.0. The molecule has 0 bridgehead atoms. The van der Waals surface area contributed by atoms with Crippen molar-refractivity contribution in [3.63, 3.8) is 0 Å². The molecule has 0 aromatic carbocycles. The van der Waals surface area contributed by atoms with Gasteiger partial charge in [0.1, 0.15) is 12.2 Å². The number of esters is 2. The van der Waals surface area contributed by atoms with Crippen LogP contribution in [-0.2, 0) is 38.1 Å². The van der Waals surface area contributed by atoms with Gasteiger partial charge in [0.2, 0.25) is 6.41 Å². The molecule has 11 heteroatoms. The first-order valence-electron chi connectivity index (χ1n) is 13.4. The SMILES string of the molecule is COC[C@@H](OC)C(=O)O[C@H](CC[C@H](C)[C@H](C[C@H](O)[C@H](C)CO)OC)[C@@H](C)[C@H](OC(C)=O)[C@H](C)/C=C/N(C)C=O. The number of carbonyl (C=O) groups is 3. The minimum atomic E-state index is -0.922. The van der Waals surface area contributed by atoms with Crippen LogP contribution in [0.25, 0.3) is 0 Å². The number of ether oxygens (including phenoxy) is 5. The van der Waals surface area contributed by atoms with E-state index < -0.39 is 42.3 Å². The monoisotopic (exact) mass is 561 g/mol. The van der Waals surface area contributed by atoms with Gasteiger partial charge in [-0.05, 0) is 18.8 Å². The van der Waals surface area contributed by atoms with Gasteiger partial charge in [-0.3, -0.25) is 9.59 Å². The highest BCUT2D eigenvalue weighted by atomic mass is 16.6. The summed E-state index contributed by atoms with van der Waals surface area (Å²) in [7, 11) is 6.02. The zero-order valence-electron chi connectivity index (χ0n) is 25.1. The number of nitrogens with zero attached hydrogens (tertiary/aromatic N) is 1. The van der Waals surface area contributed by atoms with E-state index in [1.54, 1.807) is 33.4 Å². The maximum atomic E-state index is 13.0. The zero-order valence-corrected chi connectivity index (χ0v) is 25.1. The van der Waals surface area contributed by atoms with Crippen LogP contribution in [0.4, 0.5) is 0 Å². The lowest BCUT2D eigenvalue weighted by molar-refractivity contribution is -0.173. The Morgan fingerprint density at radius 2 is 1.59 bits per heavy atom. The maximum Gasteiger partial charge on any atom is 0.337 e. The van der Waals surface area contributed by atoms with Crippen LogP contribution < -0.4 is 0 Å². The van der Waals surface area contributed by atoms with E-state index >= 15 is 0 Å². The number of hydrogen-bond donors (Lipinski definition) is 2. The first kappa shape index (κ1) is 37.0. The van der Waals surface area contributed by atoms with E-state index in [2.05, 4.69) is 0 Å². The van der Waals surface area contributed by atoms with E-state index in [9.17, 15) is 24.6 Å². The largest absolute Gasteiger partial charge is 0.462 e. The van der Waals surface area contributed by atoms with E-state index in [1.165, 1.54) is 26.0 Å². The third-order valence-electron chi connectivity index (χ3n) is 7.11. The Hall–Kier alpha value is -2.05. The van der Waals surface area contributed by atoms with Gasteiger partial charge in [0.05, 0.1) is 18.8 Å². The molecule has 0 aromatic rings. The Bertz CT molecular complexity index is 733. The van der Waals surface area contributed by atoms with Gasteiger partial charge in [-0.25, -0.2) is 4.79 Å². The van der Waals surface area contributed by atoms with Gasteiger partial charge in [0.15, 0.2) is 6.10 Å². The average Bonchev–Trinajstić information content (AvgIpc) is 2.92. The highest BCUT2D eigenvalue weighted by Crippen LogP contribution is 2.29. The second-order valence-electron chi connectivity index (χ2n) is 10.4. The van der Waals surface area contributed by atoms with Gasteiger partial charge in [-0.15, -0.1) is 0 Å². The van der Waals surface area contributed by atoms with Gasteiger partial charge in [0, 0.05) is 72.3 Å². The lowest BCUT2D eigenvalue weighted by Crippen LogP contribution is -2.42. The van der Waals surface area contributed by atoms with Crippen molar-refractivity contribution < 1.29 is 48.3 Å². The molecule has 228 valence electrons. The van der Waals surface area contributed by atoms with E-state index in [4.69, 9.17) is 23.7 Å². The highest BCUT2D eigenvalue weighted by molar-refractivity contribution is 5.75. The molecule has 0 heterocycles. The van der Waals surface area contributed by atoms with Crippen LogP contribution >= 0.6 is 0 Å². The van der Waals surface area contributed by atoms with E-state index in [0.29, 0.717) is 25.7 Å². The molecule has 0 radical (unpaired) electrons. The second-order valence-corrected chi connectivity index (χ2v) is 10.4. The van der Waals surface area contributed by atoms with E-state index in [-0.39, 0.29) is 37.1 Å². The Kier molecular flexibility index (Phi) is 18.9. The normalized spacial score (nSPS) is 18.7.